The van der Waals surface area contributed by atoms with Crippen LogP contribution >= 0.6 is 0 Å². The van der Waals surface area contributed by atoms with Crippen LogP contribution in [-0.2, 0) is 29.2 Å². The molecule has 2 amide bonds. The van der Waals surface area contributed by atoms with Gasteiger partial charge in [-0.1, -0.05) is 0 Å². The Bertz CT molecular complexity index is 690. The number of carbonyl (C=O) groups is 2. The van der Waals surface area contributed by atoms with Crippen molar-refractivity contribution >= 4 is 17.5 Å². The van der Waals surface area contributed by atoms with Crippen molar-refractivity contribution in [2.75, 3.05) is 26.0 Å². The van der Waals surface area contributed by atoms with Gasteiger partial charge < -0.3 is 15.2 Å². The van der Waals surface area contributed by atoms with Crippen molar-refractivity contribution in [1.82, 2.24) is 24.6 Å². The van der Waals surface area contributed by atoms with Gasteiger partial charge in [-0.3, -0.25) is 19.2 Å². The molecule has 0 bridgehead atoms. The number of rotatable bonds is 8. The highest BCUT2D eigenvalue weighted by atomic mass is 16.2. The Morgan fingerprint density at radius 3 is 2.75 bits per heavy atom. The number of amides is 2. The molecule has 0 aromatic carbocycles. The first-order valence-electron chi connectivity index (χ1n) is 7.86. The Morgan fingerprint density at radius 1 is 1.29 bits per heavy atom. The minimum Gasteiger partial charge on any atom is -0.358 e. The smallest absolute Gasteiger partial charge is 0.241 e. The number of hydrogen-bond acceptors (Lipinski definition) is 4. The molecule has 2 rings (SSSR count). The van der Waals surface area contributed by atoms with E-state index >= 15 is 0 Å². The van der Waals surface area contributed by atoms with Crippen LogP contribution < -0.4 is 10.6 Å². The number of aromatic nitrogens is 3. The normalized spacial score (nSPS) is 10.8. The highest BCUT2D eigenvalue weighted by molar-refractivity contribution is 5.92. The fourth-order valence-electron chi connectivity index (χ4n) is 2.33. The van der Waals surface area contributed by atoms with Gasteiger partial charge in [0.05, 0.1) is 18.4 Å². The van der Waals surface area contributed by atoms with E-state index in [1.165, 1.54) is 16.4 Å². The molecule has 130 valence electrons. The first-order valence-corrected chi connectivity index (χ1v) is 7.86. The number of nitrogens with zero attached hydrogens (tertiary/aromatic N) is 4. The molecular formula is C16H24N6O2. The quantitative estimate of drug-likeness (QED) is 0.738. The van der Waals surface area contributed by atoms with E-state index in [-0.39, 0.29) is 24.9 Å². The van der Waals surface area contributed by atoms with Crippen molar-refractivity contribution in [3.8, 4) is 0 Å². The zero-order valence-electron chi connectivity index (χ0n) is 14.3. The molecule has 2 heterocycles. The van der Waals surface area contributed by atoms with Crippen LogP contribution in [0.3, 0.4) is 0 Å². The van der Waals surface area contributed by atoms with Gasteiger partial charge in [0.1, 0.15) is 6.54 Å². The van der Waals surface area contributed by atoms with E-state index in [1.807, 2.05) is 18.1 Å². The third kappa shape index (κ3) is 5.24. The molecule has 0 aliphatic rings. The minimum atomic E-state index is -0.144. The average molecular weight is 332 g/mol. The average Bonchev–Trinajstić information content (AvgIpc) is 3.16. The monoisotopic (exact) mass is 332 g/mol. The molecule has 0 saturated heterocycles. The summed E-state index contributed by atoms with van der Waals surface area (Å²) in [5.41, 5.74) is 1.75. The SMILES string of the molecule is CCn1ccc(CN(C)CC(=O)Nc2cnn(CC(=O)NC)c2)c1. The highest BCUT2D eigenvalue weighted by Crippen LogP contribution is 2.07. The van der Waals surface area contributed by atoms with E-state index in [4.69, 9.17) is 0 Å². The summed E-state index contributed by atoms with van der Waals surface area (Å²) in [6.45, 7) is 4.13. The summed E-state index contributed by atoms with van der Waals surface area (Å²) in [4.78, 5) is 25.3. The van der Waals surface area contributed by atoms with Crippen molar-refractivity contribution in [2.24, 2.45) is 0 Å². The van der Waals surface area contributed by atoms with Crippen LogP contribution in [0.5, 0.6) is 0 Å². The summed E-state index contributed by atoms with van der Waals surface area (Å²) in [6.07, 6.45) is 7.28. The van der Waals surface area contributed by atoms with Gasteiger partial charge in [-0.25, -0.2) is 0 Å². The van der Waals surface area contributed by atoms with Gasteiger partial charge in [0.2, 0.25) is 11.8 Å². The van der Waals surface area contributed by atoms with Crippen LogP contribution in [0.15, 0.2) is 30.9 Å². The van der Waals surface area contributed by atoms with E-state index < -0.39 is 0 Å². The molecule has 0 saturated carbocycles. The summed E-state index contributed by atoms with van der Waals surface area (Å²) in [7, 11) is 3.47. The molecule has 8 heteroatoms. The second-order valence-electron chi connectivity index (χ2n) is 5.67. The molecule has 0 spiro atoms. The lowest BCUT2D eigenvalue weighted by Gasteiger charge is -2.15. The lowest BCUT2D eigenvalue weighted by atomic mass is 10.3. The van der Waals surface area contributed by atoms with Gasteiger partial charge >= 0.3 is 0 Å². The van der Waals surface area contributed by atoms with Gasteiger partial charge in [0, 0.05) is 38.7 Å². The lowest BCUT2D eigenvalue weighted by Crippen LogP contribution is -2.29. The molecule has 0 radical (unpaired) electrons. The molecule has 0 aliphatic carbocycles. The second-order valence-corrected chi connectivity index (χ2v) is 5.67. The van der Waals surface area contributed by atoms with E-state index in [0.29, 0.717) is 12.2 Å². The Morgan fingerprint density at radius 2 is 2.08 bits per heavy atom. The molecule has 8 nitrogen and oxygen atoms in total. The Balaban J connectivity index is 1.80. The maximum Gasteiger partial charge on any atom is 0.241 e. The van der Waals surface area contributed by atoms with Gasteiger partial charge in [-0.05, 0) is 25.6 Å². The maximum atomic E-state index is 12.1. The zero-order chi connectivity index (χ0) is 17.5. The zero-order valence-corrected chi connectivity index (χ0v) is 14.3. The fourth-order valence-corrected chi connectivity index (χ4v) is 2.33. The van der Waals surface area contributed by atoms with Crippen LogP contribution in [0, 0.1) is 0 Å². The van der Waals surface area contributed by atoms with Crippen LogP contribution in [0.4, 0.5) is 5.69 Å². The van der Waals surface area contributed by atoms with Crippen LogP contribution in [-0.4, -0.2) is 51.7 Å². The van der Waals surface area contributed by atoms with Crippen LogP contribution in [0.1, 0.15) is 12.5 Å². The number of aryl methyl sites for hydroxylation is 1. The highest BCUT2D eigenvalue weighted by Gasteiger charge is 2.10. The predicted molar refractivity (Wildman–Crippen MR) is 91.4 cm³/mol. The summed E-state index contributed by atoms with van der Waals surface area (Å²) >= 11 is 0. The number of anilines is 1. The van der Waals surface area contributed by atoms with E-state index in [1.54, 1.807) is 13.2 Å². The Labute approximate surface area is 141 Å². The number of hydrogen-bond donors (Lipinski definition) is 2. The first kappa shape index (κ1) is 17.7. The Kier molecular flexibility index (Phi) is 6.14. The molecule has 2 N–H and O–H groups in total. The van der Waals surface area contributed by atoms with Crippen LogP contribution in [0.2, 0.25) is 0 Å². The molecule has 0 unspecified atom stereocenters. The van der Waals surface area contributed by atoms with Crippen molar-refractivity contribution in [3.63, 3.8) is 0 Å². The van der Waals surface area contributed by atoms with E-state index in [9.17, 15) is 9.59 Å². The van der Waals surface area contributed by atoms with Gasteiger partial charge in [0.25, 0.3) is 0 Å². The van der Waals surface area contributed by atoms with Crippen molar-refractivity contribution < 1.29 is 9.59 Å². The van der Waals surface area contributed by atoms with Crippen molar-refractivity contribution in [2.45, 2.75) is 26.6 Å². The third-order valence-corrected chi connectivity index (χ3v) is 3.54. The molecule has 0 fully saturated rings. The number of nitrogens with one attached hydrogen (secondary N) is 2. The summed E-state index contributed by atoms with van der Waals surface area (Å²) in [5.74, 6) is -0.262. The van der Waals surface area contributed by atoms with E-state index in [2.05, 4.69) is 39.5 Å². The largest absolute Gasteiger partial charge is 0.358 e. The summed E-state index contributed by atoms with van der Waals surface area (Å²) in [6, 6.07) is 2.06. The third-order valence-electron chi connectivity index (χ3n) is 3.54. The molecule has 0 aliphatic heterocycles. The molecule has 24 heavy (non-hydrogen) atoms. The molecule has 0 atom stereocenters. The standard InChI is InChI=1S/C16H24N6O2/c1-4-21-6-5-13(9-21)8-20(3)11-16(24)19-14-7-18-22(10-14)12-15(23)17-2/h5-7,9-10H,4,8,11-12H2,1-3H3,(H,17,23)(H,19,24). The predicted octanol–water partition coefficient (Wildman–Crippen LogP) is 0.521. The molecule has 2 aromatic rings. The second kappa shape index (κ2) is 8.30. The summed E-state index contributed by atoms with van der Waals surface area (Å²) in [5, 5.41) is 9.35. The first-order chi connectivity index (χ1) is 11.5. The topological polar surface area (TPSA) is 84.2 Å². The number of carbonyl (C=O) groups excluding carboxylic acids is 2. The molecular weight excluding hydrogens is 308 g/mol. The van der Waals surface area contributed by atoms with Gasteiger partial charge in [-0.15, -0.1) is 0 Å². The maximum absolute atomic E-state index is 12.1. The lowest BCUT2D eigenvalue weighted by molar-refractivity contribution is -0.121. The summed E-state index contributed by atoms with van der Waals surface area (Å²) < 4.78 is 3.58. The molecule has 2 aromatic heterocycles. The van der Waals surface area contributed by atoms with Gasteiger partial charge in [-0.2, -0.15) is 5.10 Å². The van der Waals surface area contributed by atoms with Gasteiger partial charge in [0.15, 0.2) is 0 Å². The minimum absolute atomic E-state index is 0.119. The van der Waals surface area contributed by atoms with E-state index in [0.717, 1.165) is 6.54 Å². The van der Waals surface area contributed by atoms with Crippen molar-refractivity contribution in [1.29, 1.82) is 0 Å². The van der Waals surface area contributed by atoms with Crippen LogP contribution in [0.25, 0.3) is 0 Å². The number of likely N-dealkylation sites (N-methyl/N-ethyl adjacent to an activating group) is 2. The Hall–Kier alpha value is -2.61. The fraction of sp³-hybridized carbons (Fsp3) is 0.438. The van der Waals surface area contributed by atoms with Crippen molar-refractivity contribution in [3.05, 3.63) is 36.4 Å².